The minimum absolute atomic E-state index is 0.316. The predicted octanol–water partition coefficient (Wildman–Crippen LogP) is 3.81. The number of nitrogens with zero attached hydrogens (tertiary/aromatic N) is 4. The van der Waals surface area contributed by atoms with Gasteiger partial charge >= 0.3 is 6.09 Å². The zero-order valence-electron chi connectivity index (χ0n) is 20.7. The average molecular weight is 492 g/mol. The fourth-order valence-electron chi connectivity index (χ4n) is 3.33. The molecule has 2 atom stereocenters. The second-order valence-electron chi connectivity index (χ2n) is 10.3. The van der Waals surface area contributed by atoms with Crippen molar-refractivity contribution in [3.8, 4) is 0 Å². The first-order valence-electron chi connectivity index (χ1n) is 11.3. The van der Waals surface area contributed by atoms with Crippen LogP contribution in [0.5, 0.6) is 0 Å². The summed E-state index contributed by atoms with van der Waals surface area (Å²) < 4.78 is 34.4. The lowest BCUT2D eigenvalue weighted by atomic mass is 10.0. The van der Waals surface area contributed by atoms with Crippen LogP contribution < -0.4 is 9.62 Å². The van der Waals surface area contributed by atoms with Crippen LogP contribution in [0.4, 0.5) is 15.1 Å². The normalized spacial score (nSPS) is 16.8. The number of benzene rings is 1. The Morgan fingerprint density at radius 3 is 2.09 bits per heavy atom. The summed E-state index contributed by atoms with van der Waals surface area (Å²) in [5.41, 5.74) is 0.959. The second kappa shape index (κ2) is 10.5. The number of carbonyl (C=O) groups excluding carboxylic acids is 1. The SMILES string of the molecule is CC(C)(C)OC(=O)N1CCN(c2ncc(C(N[S+]([O-])C(C)(C)C)c3ccc(F)cc3)cn2)CC1. The molecular weight excluding hydrogens is 457 g/mol. The van der Waals surface area contributed by atoms with Crippen molar-refractivity contribution in [2.24, 2.45) is 0 Å². The number of hydrogen-bond donors (Lipinski definition) is 1. The maximum atomic E-state index is 13.5. The van der Waals surface area contributed by atoms with E-state index >= 15 is 0 Å². The van der Waals surface area contributed by atoms with Crippen LogP contribution in [-0.2, 0) is 16.1 Å². The van der Waals surface area contributed by atoms with E-state index in [-0.39, 0.29) is 11.9 Å². The van der Waals surface area contributed by atoms with Crippen LogP contribution in [0.2, 0.25) is 0 Å². The van der Waals surface area contributed by atoms with Crippen molar-refractivity contribution in [1.29, 1.82) is 0 Å². The molecule has 186 valence electrons. The van der Waals surface area contributed by atoms with E-state index in [4.69, 9.17) is 4.74 Å². The Kier molecular flexibility index (Phi) is 8.05. The smallest absolute Gasteiger partial charge is 0.410 e. The Labute approximate surface area is 204 Å². The van der Waals surface area contributed by atoms with Crippen molar-refractivity contribution in [2.45, 2.75) is 57.9 Å². The zero-order chi connectivity index (χ0) is 25.1. The Morgan fingerprint density at radius 2 is 1.59 bits per heavy atom. The van der Waals surface area contributed by atoms with Crippen molar-refractivity contribution >= 4 is 23.4 Å². The molecule has 1 aliphatic heterocycles. The Bertz CT molecular complexity index is 953. The quantitative estimate of drug-likeness (QED) is 0.636. The molecule has 1 saturated heterocycles. The number of piperazine rings is 1. The third-order valence-electron chi connectivity index (χ3n) is 5.19. The molecule has 34 heavy (non-hydrogen) atoms. The fourth-order valence-corrected chi connectivity index (χ4v) is 4.17. The molecule has 1 amide bonds. The molecule has 0 spiro atoms. The maximum absolute atomic E-state index is 13.5. The van der Waals surface area contributed by atoms with Gasteiger partial charge in [0.2, 0.25) is 5.95 Å². The highest BCUT2D eigenvalue weighted by Crippen LogP contribution is 2.26. The van der Waals surface area contributed by atoms with Gasteiger partial charge < -0.3 is 19.1 Å². The first-order valence-corrected chi connectivity index (χ1v) is 12.5. The average Bonchev–Trinajstić information content (AvgIpc) is 2.76. The standard InChI is InChI=1S/C24H34FN5O3S/c1-23(2,3)33-22(31)30-13-11-29(12-14-30)21-26-15-18(16-27-21)20(28-34(32)24(4,5)6)17-7-9-19(25)10-8-17/h7-10,15-16,20,28H,11-14H2,1-6H3. The number of carbonyl (C=O) groups is 1. The van der Waals surface area contributed by atoms with Crippen LogP contribution in [0, 0.1) is 5.82 Å². The molecule has 0 saturated carbocycles. The fraction of sp³-hybridized carbons (Fsp3) is 0.542. The van der Waals surface area contributed by atoms with Crippen molar-refractivity contribution < 1.29 is 18.5 Å². The third kappa shape index (κ3) is 7.04. The number of nitrogens with one attached hydrogen (secondary N) is 1. The minimum atomic E-state index is -1.36. The molecule has 3 rings (SSSR count). The molecule has 10 heteroatoms. The molecule has 2 heterocycles. The molecule has 2 unspecified atom stereocenters. The molecule has 1 fully saturated rings. The predicted molar refractivity (Wildman–Crippen MR) is 131 cm³/mol. The summed E-state index contributed by atoms with van der Waals surface area (Å²) in [5, 5.41) is 0. The van der Waals surface area contributed by atoms with Crippen LogP contribution in [0.15, 0.2) is 36.7 Å². The van der Waals surface area contributed by atoms with Gasteiger partial charge in [-0.3, -0.25) is 0 Å². The highest BCUT2D eigenvalue weighted by atomic mass is 32.2. The van der Waals surface area contributed by atoms with Crippen molar-refractivity contribution in [3.63, 3.8) is 0 Å². The number of aromatic nitrogens is 2. The molecule has 0 bridgehead atoms. The molecule has 1 aromatic carbocycles. The number of hydrogen-bond acceptors (Lipinski definition) is 7. The monoisotopic (exact) mass is 491 g/mol. The van der Waals surface area contributed by atoms with Gasteiger partial charge in [-0.2, -0.15) is 0 Å². The van der Waals surface area contributed by atoms with Crippen LogP contribution in [-0.4, -0.2) is 62.0 Å². The molecule has 1 N–H and O–H groups in total. The van der Waals surface area contributed by atoms with E-state index in [2.05, 4.69) is 14.7 Å². The molecule has 2 aromatic rings. The molecule has 0 aliphatic carbocycles. The Hall–Kier alpha value is -2.43. The number of halogens is 1. The van der Waals surface area contributed by atoms with Crippen molar-refractivity contribution in [1.82, 2.24) is 19.6 Å². The lowest BCUT2D eigenvalue weighted by molar-refractivity contribution is 0.0240. The lowest BCUT2D eigenvalue weighted by Crippen LogP contribution is -2.50. The minimum Gasteiger partial charge on any atom is -0.598 e. The summed E-state index contributed by atoms with van der Waals surface area (Å²) >= 11 is -1.36. The van der Waals surface area contributed by atoms with E-state index in [0.29, 0.717) is 32.1 Å². The van der Waals surface area contributed by atoms with Gasteiger partial charge in [0.15, 0.2) is 0 Å². The van der Waals surface area contributed by atoms with Gasteiger partial charge in [-0.05, 0) is 59.2 Å². The van der Waals surface area contributed by atoms with E-state index in [1.807, 2.05) is 46.4 Å². The van der Waals surface area contributed by atoms with E-state index < -0.39 is 27.8 Å². The van der Waals surface area contributed by atoms with Gasteiger partial charge in [0.25, 0.3) is 0 Å². The summed E-state index contributed by atoms with van der Waals surface area (Å²) in [6, 6.07) is 5.62. The molecule has 1 aromatic heterocycles. The maximum Gasteiger partial charge on any atom is 0.410 e. The lowest BCUT2D eigenvalue weighted by Gasteiger charge is -2.35. The van der Waals surface area contributed by atoms with Gasteiger partial charge in [-0.1, -0.05) is 12.1 Å². The largest absolute Gasteiger partial charge is 0.598 e. The molecule has 0 radical (unpaired) electrons. The van der Waals surface area contributed by atoms with E-state index in [1.165, 1.54) is 12.1 Å². The van der Waals surface area contributed by atoms with Gasteiger partial charge in [0.05, 0.1) is 0 Å². The second-order valence-corrected chi connectivity index (χ2v) is 12.3. The highest BCUT2D eigenvalue weighted by Gasteiger charge is 2.31. The van der Waals surface area contributed by atoms with Crippen LogP contribution in [0.25, 0.3) is 0 Å². The van der Waals surface area contributed by atoms with Crippen LogP contribution >= 0.6 is 0 Å². The number of ether oxygens (including phenoxy) is 1. The van der Waals surface area contributed by atoms with Crippen molar-refractivity contribution in [2.75, 3.05) is 31.1 Å². The Morgan fingerprint density at radius 1 is 1.03 bits per heavy atom. The first kappa shape index (κ1) is 26.2. The molecule has 8 nitrogen and oxygen atoms in total. The Balaban J connectivity index is 1.71. The summed E-state index contributed by atoms with van der Waals surface area (Å²) in [7, 11) is 0. The van der Waals surface area contributed by atoms with Gasteiger partial charge in [0.1, 0.15) is 22.2 Å². The zero-order valence-corrected chi connectivity index (χ0v) is 21.5. The number of amides is 1. The third-order valence-corrected chi connectivity index (χ3v) is 6.75. The van der Waals surface area contributed by atoms with Crippen molar-refractivity contribution in [3.05, 3.63) is 53.6 Å². The van der Waals surface area contributed by atoms with Gasteiger partial charge in [-0.25, -0.2) is 19.2 Å². The summed E-state index contributed by atoms with van der Waals surface area (Å²) in [6.07, 6.45) is 3.08. The highest BCUT2D eigenvalue weighted by molar-refractivity contribution is 7.90. The van der Waals surface area contributed by atoms with E-state index in [9.17, 15) is 13.7 Å². The number of anilines is 1. The summed E-state index contributed by atoms with van der Waals surface area (Å²) in [5.74, 6) is 0.221. The van der Waals surface area contributed by atoms with E-state index in [0.717, 1.165) is 11.1 Å². The molecular formula is C24H34FN5O3S. The summed E-state index contributed by atoms with van der Waals surface area (Å²) in [4.78, 5) is 25.1. The number of rotatable bonds is 5. The van der Waals surface area contributed by atoms with E-state index in [1.54, 1.807) is 29.4 Å². The van der Waals surface area contributed by atoms with Gasteiger partial charge in [-0.15, -0.1) is 4.72 Å². The summed E-state index contributed by atoms with van der Waals surface area (Å²) in [6.45, 7) is 13.4. The topological polar surface area (TPSA) is 93.7 Å². The van der Waals surface area contributed by atoms with Crippen LogP contribution in [0.3, 0.4) is 0 Å². The van der Waals surface area contributed by atoms with Gasteiger partial charge in [0, 0.05) is 55.5 Å². The molecule has 1 aliphatic rings. The first-order chi connectivity index (χ1) is 15.8. The van der Waals surface area contributed by atoms with Crippen LogP contribution in [0.1, 0.15) is 58.7 Å².